The molecule has 62 heavy (non-hydrogen) atoms. The van der Waals surface area contributed by atoms with E-state index in [1.54, 1.807) is 0 Å². The van der Waals surface area contributed by atoms with Crippen LogP contribution in [0, 0.1) is 0 Å². The van der Waals surface area contributed by atoms with Crippen LogP contribution in [0.1, 0.15) is 0 Å². The summed E-state index contributed by atoms with van der Waals surface area (Å²) in [6, 6.07) is 88.7. The topological polar surface area (TPSA) is 21.3 Å². The fourth-order valence-corrected chi connectivity index (χ4v) is 14.9. The van der Waals surface area contributed by atoms with E-state index in [9.17, 15) is 0 Å². The molecule has 0 aliphatic rings. The molecule has 0 fully saturated rings. The summed E-state index contributed by atoms with van der Waals surface area (Å²) >= 11 is 0. The maximum Gasteiger partial charge on any atom is 0.179 e. The maximum atomic E-state index is 6.77. The van der Waals surface area contributed by atoms with Gasteiger partial charge in [0.1, 0.15) is 11.2 Å². The van der Waals surface area contributed by atoms with Crippen LogP contribution in [0.4, 0.5) is 17.1 Å². The molecule has 10 aromatic carbocycles. The number of hydrogen-bond donors (Lipinski definition) is 0. The van der Waals surface area contributed by atoms with Gasteiger partial charge in [-0.15, -0.1) is 0 Å². The number of fused-ring (bicyclic) bond motifs is 8. The van der Waals surface area contributed by atoms with E-state index in [4.69, 9.17) is 4.42 Å². The molecule has 12 aromatic rings. The SMILES string of the molecule is c1ccc(-n2c3ccccc3c3c(N(c4cccc([Si](c5ccccc5)(c5ccccc5)c5ccccc5)c4)c4ccc5c(c4)oc4ccc6ccccc6c45)cccc32)cc1. The highest BCUT2D eigenvalue weighted by Crippen LogP contribution is 2.45. The zero-order valence-electron chi connectivity index (χ0n) is 33.9. The van der Waals surface area contributed by atoms with Crippen LogP contribution in [0.25, 0.3) is 60.2 Å². The molecule has 3 nitrogen and oxygen atoms in total. The third-order valence-corrected chi connectivity index (χ3v) is 17.5. The molecule has 0 spiro atoms. The molecule has 0 saturated carbocycles. The molecular formula is C58H40N2OSi. The Kier molecular flexibility index (Phi) is 8.51. The van der Waals surface area contributed by atoms with Crippen molar-refractivity contribution in [2.45, 2.75) is 0 Å². The van der Waals surface area contributed by atoms with Gasteiger partial charge in [-0.2, -0.15) is 0 Å². The normalized spacial score (nSPS) is 11.9. The summed E-state index contributed by atoms with van der Waals surface area (Å²) in [6.45, 7) is 0. The van der Waals surface area contributed by atoms with Crippen molar-refractivity contribution in [1.82, 2.24) is 4.57 Å². The van der Waals surface area contributed by atoms with E-state index in [0.717, 1.165) is 55.7 Å². The first-order chi connectivity index (χ1) is 30.8. The molecule has 2 heterocycles. The monoisotopic (exact) mass is 808 g/mol. The molecule has 0 radical (unpaired) electrons. The molecule has 0 aliphatic heterocycles. The fraction of sp³-hybridized carbons (Fsp3) is 0. The average molecular weight is 809 g/mol. The van der Waals surface area contributed by atoms with Gasteiger partial charge in [0.05, 0.1) is 16.7 Å². The van der Waals surface area contributed by atoms with Gasteiger partial charge >= 0.3 is 0 Å². The summed E-state index contributed by atoms with van der Waals surface area (Å²) in [5, 5.41) is 12.4. The lowest BCUT2D eigenvalue weighted by molar-refractivity contribution is 0.669. The molecule has 12 rings (SSSR count). The fourth-order valence-electron chi connectivity index (χ4n) is 10.1. The van der Waals surface area contributed by atoms with Crippen LogP contribution in [-0.2, 0) is 0 Å². The number of hydrogen-bond acceptors (Lipinski definition) is 2. The summed E-state index contributed by atoms with van der Waals surface area (Å²) < 4.78 is 9.17. The number of aromatic nitrogens is 1. The summed E-state index contributed by atoms with van der Waals surface area (Å²) in [5.41, 5.74) is 8.38. The van der Waals surface area contributed by atoms with Crippen molar-refractivity contribution < 1.29 is 4.42 Å². The Morgan fingerprint density at radius 1 is 0.355 bits per heavy atom. The molecule has 0 aliphatic carbocycles. The van der Waals surface area contributed by atoms with E-state index in [0.29, 0.717) is 0 Å². The first-order valence-electron chi connectivity index (χ1n) is 21.3. The highest BCUT2D eigenvalue weighted by Gasteiger charge is 2.41. The van der Waals surface area contributed by atoms with Gasteiger partial charge in [0, 0.05) is 44.7 Å². The van der Waals surface area contributed by atoms with E-state index in [2.05, 4.69) is 252 Å². The first kappa shape index (κ1) is 36.0. The van der Waals surface area contributed by atoms with Gasteiger partial charge in [-0.1, -0.05) is 176 Å². The summed E-state index contributed by atoms with van der Waals surface area (Å²) in [7, 11) is -2.86. The predicted octanol–water partition coefficient (Wildman–Crippen LogP) is 12.7. The quantitative estimate of drug-likeness (QED) is 0.113. The molecule has 0 N–H and O–H groups in total. The number of benzene rings is 10. The van der Waals surface area contributed by atoms with Gasteiger partial charge in [0.2, 0.25) is 0 Å². The van der Waals surface area contributed by atoms with Crippen molar-refractivity contribution in [3.63, 3.8) is 0 Å². The van der Waals surface area contributed by atoms with Crippen LogP contribution in [-0.4, -0.2) is 12.6 Å². The molecule has 2 aromatic heterocycles. The number of rotatable bonds is 8. The zero-order valence-corrected chi connectivity index (χ0v) is 34.9. The van der Waals surface area contributed by atoms with Crippen molar-refractivity contribution in [1.29, 1.82) is 0 Å². The Bertz CT molecular complexity index is 3480. The van der Waals surface area contributed by atoms with Gasteiger partial charge in [-0.05, 0) is 92.2 Å². The Hall–Kier alpha value is -7.92. The third-order valence-electron chi connectivity index (χ3n) is 12.7. The van der Waals surface area contributed by atoms with Gasteiger partial charge in [-0.25, -0.2) is 0 Å². The van der Waals surface area contributed by atoms with Gasteiger partial charge in [0.15, 0.2) is 8.07 Å². The molecule has 0 bridgehead atoms. The van der Waals surface area contributed by atoms with Crippen LogP contribution in [0.2, 0.25) is 0 Å². The lowest BCUT2D eigenvalue weighted by Crippen LogP contribution is -2.74. The maximum absolute atomic E-state index is 6.77. The summed E-state index contributed by atoms with van der Waals surface area (Å²) in [5.74, 6) is 0. The van der Waals surface area contributed by atoms with Gasteiger partial charge in [-0.3, -0.25) is 0 Å². The average Bonchev–Trinajstić information content (AvgIpc) is 3.90. The highest BCUT2D eigenvalue weighted by molar-refractivity contribution is 7.19. The minimum Gasteiger partial charge on any atom is -0.456 e. The molecule has 0 amide bonds. The number of para-hydroxylation sites is 2. The summed E-state index contributed by atoms with van der Waals surface area (Å²) in [6.07, 6.45) is 0. The van der Waals surface area contributed by atoms with Crippen LogP contribution < -0.4 is 25.6 Å². The number of nitrogens with zero attached hydrogens (tertiary/aromatic N) is 2. The van der Waals surface area contributed by atoms with Crippen molar-refractivity contribution >= 4 is 100 Å². The number of anilines is 3. The van der Waals surface area contributed by atoms with Crippen molar-refractivity contribution in [2.24, 2.45) is 0 Å². The minimum atomic E-state index is -2.86. The highest BCUT2D eigenvalue weighted by atomic mass is 28.3. The van der Waals surface area contributed by atoms with E-state index < -0.39 is 8.07 Å². The second-order valence-corrected chi connectivity index (χ2v) is 19.8. The molecule has 4 heteroatoms. The van der Waals surface area contributed by atoms with E-state index in [1.807, 2.05) is 0 Å². The molecular weight excluding hydrogens is 769 g/mol. The molecule has 0 atom stereocenters. The van der Waals surface area contributed by atoms with Crippen molar-refractivity contribution in [2.75, 3.05) is 4.90 Å². The van der Waals surface area contributed by atoms with Crippen LogP contribution in [0.15, 0.2) is 247 Å². The summed E-state index contributed by atoms with van der Waals surface area (Å²) in [4.78, 5) is 2.46. The van der Waals surface area contributed by atoms with Gasteiger partial charge < -0.3 is 13.9 Å². The van der Waals surface area contributed by atoms with Crippen molar-refractivity contribution in [3.05, 3.63) is 243 Å². The molecule has 0 saturated heterocycles. The largest absolute Gasteiger partial charge is 0.456 e. The Balaban J connectivity index is 1.16. The smallest absolute Gasteiger partial charge is 0.179 e. The number of furan rings is 1. The lowest BCUT2D eigenvalue weighted by atomic mass is 10.0. The Labute approximate surface area is 361 Å². The minimum absolute atomic E-state index is 0.857. The molecule has 0 unspecified atom stereocenters. The van der Waals surface area contributed by atoms with E-state index in [1.165, 1.54) is 42.3 Å². The predicted molar refractivity (Wildman–Crippen MR) is 264 cm³/mol. The zero-order chi connectivity index (χ0) is 41.0. The Morgan fingerprint density at radius 2 is 0.919 bits per heavy atom. The third kappa shape index (κ3) is 5.58. The van der Waals surface area contributed by atoms with Crippen LogP contribution in [0.3, 0.4) is 0 Å². The van der Waals surface area contributed by atoms with Gasteiger partial charge in [0.25, 0.3) is 0 Å². The molecule has 292 valence electrons. The first-order valence-corrected chi connectivity index (χ1v) is 23.3. The second kappa shape index (κ2) is 14.7. The van der Waals surface area contributed by atoms with Crippen LogP contribution >= 0.6 is 0 Å². The second-order valence-electron chi connectivity index (χ2n) is 16.0. The van der Waals surface area contributed by atoms with E-state index >= 15 is 0 Å². The lowest BCUT2D eigenvalue weighted by Gasteiger charge is -2.35. The standard InChI is InChI=1S/C58H40N2OSi/c1-5-20-42(21-6-1)60-52-32-16-15-31-50(52)58-53(33-18-34-54(58)60)59(44-36-37-51-56(40-44)61-55-38-35-41-19-13-14-30-49(41)57(51)55)43-22-17-29-48(39-43)62(45-23-7-2-8-24-45,46-25-9-3-10-26-46)47-27-11-4-12-28-47/h1-40H. The van der Waals surface area contributed by atoms with E-state index in [-0.39, 0.29) is 0 Å². The van der Waals surface area contributed by atoms with Crippen LogP contribution in [0.5, 0.6) is 0 Å². The Morgan fingerprint density at radius 3 is 1.63 bits per heavy atom. The van der Waals surface area contributed by atoms with Crippen molar-refractivity contribution in [3.8, 4) is 5.69 Å².